The Kier molecular flexibility index (Phi) is 4.87. The van der Waals surface area contributed by atoms with E-state index in [0.717, 1.165) is 4.57 Å². The number of hydrogen-bond donors (Lipinski definition) is 0. The average molecular weight is 475 g/mol. The highest BCUT2D eigenvalue weighted by molar-refractivity contribution is 6.35. The third-order valence-corrected chi connectivity index (χ3v) is 5.80. The summed E-state index contributed by atoms with van der Waals surface area (Å²) >= 11 is 12.4. The minimum Gasteiger partial charge on any atom is -0.454 e. The lowest BCUT2D eigenvalue weighted by atomic mass is 10.2. The van der Waals surface area contributed by atoms with Crippen LogP contribution in [0.3, 0.4) is 0 Å². The summed E-state index contributed by atoms with van der Waals surface area (Å²) in [6, 6.07) is 10.3. The van der Waals surface area contributed by atoms with E-state index >= 15 is 0 Å². The fourth-order valence-electron chi connectivity index (χ4n) is 3.52. The third kappa shape index (κ3) is 3.30. The molecule has 9 nitrogen and oxygen atoms in total. The second-order valence-corrected chi connectivity index (χ2v) is 8.05. The predicted octanol–water partition coefficient (Wildman–Crippen LogP) is 3.31. The van der Waals surface area contributed by atoms with Crippen LogP contribution in [0.2, 0.25) is 10.0 Å². The Labute approximate surface area is 190 Å². The zero-order chi connectivity index (χ0) is 22.6. The molecule has 0 saturated carbocycles. The van der Waals surface area contributed by atoms with Gasteiger partial charge >= 0.3 is 11.7 Å². The van der Waals surface area contributed by atoms with Gasteiger partial charge in [0.1, 0.15) is 5.75 Å². The van der Waals surface area contributed by atoms with E-state index in [1.54, 1.807) is 48.0 Å². The van der Waals surface area contributed by atoms with Gasteiger partial charge < -0.3 is 14.2 Å². The maximum atomic E-state index is 13.0. The molecule has 0 unspecified atom stereocenters. The minimum atomic E-state index is -0.499. The highest BCUT2D eigenvalue weighted by atomic mass is 35.5. The molecule has 0 N–H and O–H groups in total. The molecule has 5 rings (SSSR count). The summed E-state index contributed by atoms with van der Waals surface area (Å²) in [7, 11) is 2.95. The molecule has 1 aliphatic rings. The summed E-state index contributed by atoms with van der Waals surface area (Å²) in [6.45, 7) is 0.296. The van der Waals surface area contributed by atoms with Crippen LogP contribution in [0, 0.1) is 0 Å². The molecule has 0 atom stereocenters. The summed E-state index contributed by atoms with van der Waals surface area (Å²) < 4.78 is 20.7. The molecule has 0 saturated heterocycles. The fourth-order valence-corrected chi connectivity index (χ4v) is 3.99. The Balaban J connectivity index is 1.70. The van der Waals surface area contributed by atoms with Gasteiger partial charge in [0.15, 0.2) is 22.7 Å². The lowest BCUT2D eigenvalue weighted by Crippen LogP contribution is -2.37. The molecule has 0 bridgehead atoms. The van der Waals surface area contributed by atoms with Crippen molar-refractivity contribution in [1.82, 2.24) is 18.7 Å². The lowest BCUT2D eigenvalue weighted by Gasteiger charge is -2.12. The summed E-state index contributed by atoms with van der Waals surface area (Å²) in [5.74, 6) is 1.57. The number of nitrogens with zero attached hydrogens (tertiary/aromatic N) is 4. The van der Waals surface area contributed by atoms with E-state index in [1.165, 1.54) is 11.6 Å². The predicted molar refractivity (Wildman–Crippen MR) is 118 cm³/mol. The molecular weight excluding hydrogens is 459 g/mol. The van der Waals surface area contributed by atoms with E-state index in [9.17, 15) is 9.59 Å². The van der Waals surface area contributed by atoms with Crippen LogP contribution in [-0.4, -0.2) is 25.5 Å². The van der Waals surface area contributed by atoms with Crippen molar-refractivity contribution in [2.75, 3.05) is 6.79 Å². The molecule has 2 aromatic heterocycles. The van der Waals surface area contributed by atoms with Crippen LogP contribution in [0.5, 0.6) is 23.3 Å². The van der Waals surface area contributed by atoms with E-state index in [2.05, 4.69) is 4.98 Å². The van der Waals surface area contributed by atoms with E-state index in [-0.39, 0.29) is 30.5 Å². The first-order valence-corrected chi connectivity index (χ1v) is 10.3. The molecule has 1 aliphatic heterocycles. The Bertz CT molecular complexity index is 1510. The second kappa shape index (κ2) is 7.61. The van der Waals surface area contributed by atoms with Crippen LogP contribution in [-0.2, 0) is 20.6 Å². The molecule has 0 fully saturated rings. The van der Waals surface area contributed by atoms with Crippen molar-refractivity contribution in [3.8, 4) is 23.3 Å². The number of imidazole rings is 1. The number of benzene rings is 2. The number of aryl methyl sites for hydroxylation is 1. The standard InChI is InChI=1S/C21H16Cl2N4O5/c1-25-18-17(19(28)26(2)21(25)29)27(9-11-3-4-12(22)7-14(11)23)20(24-18)32-13-5-6-15-16(8-13)31-10-30-15/h3-8H,9-10H2,1-2H3. The number of ether oxygens (including phenoxy) is 3. The summed E-state index contributed by atoms with van der Waals surface area (Å²) in [5, 5.41) is 0.916. The van der Waals surface area contributed by atoms with E-state index in [1.807, 2.05) is 0 Å². The Morgan fingerprint density at radius 1 is 1.03 bits per heavy atom. The summed E-state index contributed by atoms with van der Waals surface area (Å²) in [4.78, 5) is 29.9. The van der Waals surface area contributed by atoms with Gasteiger partial charge in [-0.1, -0.05) is 29.3 Å². The summed E-state index contributed by atoms with van der Waals surface area (Å²) in [6.07, 6.45) is 0. The normalized spacial score (nSPS) is 12.5. The van der Waals surface area contributed by atoms with Gasteiger partial charge in [-0.25, -0.2) is 4.79 Å². The topological polar surface area (TPSA) is 89.5 Å². The van der Waals surface area contributed by atoms with E-state index < -0.39 is 11.2 Å². The van der Waals surface area contributed by atoms with Crippen LogP contribution >= 0.6 is 23.2 Å². The molecule has 0 radical (unpaired) electrons. The maximum Gasteiger partial charge on any atom is 0.332 e. The smallest absolute Gasteiger partial charge is 0.332 e. The number of hydrogen-bond acceptors (Lipinski definition) is 6. The summed E-state index contributed by atoms with van der Waals surface area (Å²) in [5.41, 5.74) is 0.102. The van der Waals surface area contributed by atoms with Gasteiger partial charge in [0, 0.05) is 30.2 Å². The second-order valence-electron chi connectivity index (χ2n) is 7.21. The SMILES string of the molecule is Cn1c(=O)c2c(nc(Oc3ccc4c(c3)OCO4)n2Cc2ccc(Cl)cc2Cl)n(C)c1=O. The van der Waals surface area contributed by atoms with Gasteiger partial charge in [-0.05, 0) is 29.8 Å². The van der Waals surface area contributed by atoms with Crippen LogP contribution in [0.4, 0.5) is 0 Å². The maximum absolute atomic E-state index is 13.0. The van der Waals surface area contributed by atoms with Gasteiger partial charge in [-0.3, -0.25) is 18.5 Å². The third-order valence-electron chi connectivity index (χ3n) is 5.21. The lowest BCUT2D eigenvalue weighted by molar-refractivity contribution is 0.174. The van der Waals surface area contributed by atoms with Gasteiger partial charge in [0.05, 0.1) is 6.54 Å². The van der Waals surface area contributed by atoms with Crippen LogP contribution in [0.15, 0.2) is 46.0 Å². The van der Waals surface area contributed by atoms with Crippen molar-refractivity contribution in [2.24, 2.45) is 14.1 Å². The van der Waals surface area contributed by atoms with Gasteiger partial charge in [0.25, 0.3) is 5.56 Å². The first-order valence-electron chi connectivity index (χ1n) is 9.51. The van der Waals surface area contributed by atoms with Crippen molar-refractivity contribution in [3.05, 3.63) is 72.8 Å². The Morgan fingerprint density at radius 2 is 1.81 bits per heavy atom. The Hall–Kier alpha value is -3.43. The van der Waals surface area contributed by atoms with E-state index in [4.69, 9.17) is 37.4 Å². The van der Waals surface area contributed by atoms with Crippen molar-refractivity contribution < 1.29 is 14.2 Å². The Morgan fingerprint density at radius 3 is 2.59 bits per heavy atom. The zero-order valence-corrected chi connectivity index (χ0v) is 18.5. The van der Waals surface area contributed by atoms with Crippen LogP contribution < -0.4 is 25.5 Å². The fraction of sp³-hybridized carbons (Fsp3) is 0.190. The molecule has 2 aromatic carbocycles. The molecule has 0 amide bonds. The molecule has 0 spiro atoms. The minimum absolute atomic E-state index is 0.114. The molecule has 164 valence electrons. The van der Waals surface area contributed by atoms with Crippen molar-refractivity contribution in [3.63, 3.8) is 0 Å². The molecule has 32 heavy (non-hydrogen) atoms. The van der Waals surface area contributed by atoms with Gasteiger partial charge in [0.2, 0.25) is 6.79 Å². The van der Waals surface area contributed by atoms with Gasteiger partial charge in [-0.2, -0.15) is 4.98 Å². The highest BCUT2D eigenvalue weighted by Crippen LogP contribution is 2.37. The van der Waals surface area contributed by atoms with Crippen molar-refractivity contribution in [1.29, 1.82) is 0 Å². The number of aromatic nitrogens is 4. The number of fused-ring (bicyclic) bond motifs is 2. The number of halogens is 2. The first kappa shape index (κ1) is 20.5. The highest BCUT2D eigenvalue weighted by Gasteiger charge is 2.22. The van der Waals surface area contributed by atoms with Crippen molar-refractivity contribution >= 4 is 34.4 Å². The van der Waals surface area contributed by atoms with E-state index in [0.29, 0.717) is 32.9 Å². The molecule has 4 aromatic rings. The first-order chi connectivity index (χ1) is 15.3. The monoisotopic (exact) mass is 474 g/mol. The van der Waals surface area contributed by atoms with Crippen LogP contribution in [0.25, 0.3) is 11.2 Å². The number of rotatable bonds is 4. The molecule has 0 aliphatic carbocycles. The molecular formula is C21H16Cl2N4O5. The molecule has 3 heterocycles. The largest absolute Gasteiger partial charge is 0.454 e. The van der Waals surface area contributed by atoms with Crippen LogP contribution in [0.1, 0.15) is 5.56 Å². The van der Waals surface area contributed by atoms with Gasteiger partial charge in [-0.15, -0.1) is 0 Å². The van der Waals surface area contributed by atoms with Crippen molar-refractivity contribution in [2.45, 2.75) is 6.54 Å². The zero-order valence-electron chi connectivity index (χ0n) is 17.0. The average Bonchev–Trinajstić information content (AvgIpc) is 3.37. The quantitative estimate of drug-likeness (QED) is 0.450. The molecule has 11 heteroatoms.